The van der Waals surface area contributed by atoms with Crippen LogP contribution in [0, 0.1) is 0 Å². The highest BCUT2D eigenvalue weighted by atomic mass is 79.9. The molecule has 0 saturated heterocycles. The van der Waals surface area contributed by atoms with Gasteiger partial charge in [-0.05, 0) is 34.5 Å². The summed E-state index contributed by atoms with van der Waals surface area (Å²) >= 11 is 3.30. The number of hydrogen-bond donors (Lipinski definition) is 2. The van der Waals surface area contributed by atoms with E-state index in [1.54, 1.807) is 0 Å². The first-order chi connectivity index (χ1) is 8.27. The lowest BCUT2D eigenvalue weighted by Crippen LogP contribution is -2.27. The number of rotatable bonds is 9. The Hall–Kier alpha value is -0.320. The molecule has 1 aromatic rings. The quantitative estimate of drug-likeness (QED) is 0.406. The second-order valence-corrected chi connectivity index (χ2v) is 5.20. The van der Waals surface area contributed by atoms with Crippen LogP contribution in [0.4, 0.5) is 0 Å². The Labute approximate surface area is 112 Å². The maximum Gasteiger partial charge on any atom is 0.169 e. The van der Waals surface area contributed by atoms with Gasteiger partial charge in [-0.25, -0.2) is 5.43 Å². The van der Waals surface area contributed by atoms with Crippen LogP contribution in [-0.4, -0.2) is 0 Å². The molecule has 1 rings (SSSR count). The van der Waals surface area contributed by atoms with Crippen LogP contribution >= 0.6 is 15.9 Å². The molecule has 4 heteroatoms. The van der Waals surface area contributed by atoms with E-state index in [2.05, 4.69) is 28.3 Å². The lowest BCUT2D eigenvalue weighted by Gasteiger charge is -2.12. The van der Waals surface area contributed by atoms with Crippen molar-refractivity contribution in [3.05, 3.63) is 22.6 Å². The lowest BCUT2D eigenvalue weighted by molar-refractivity contribution is 0.380. The van der Waals surface area contributed by atoms with Crippen LogP contribution in [0.5, 0.6) is 0 Å². The first-order valence-electron chi connectivity index (χ1n) is 6.49. The molecule has 1 heterocycles. The summed E-state index contributed by atoms with van der Waals surface area (Å²) in [4.78, 5) is 0. The molecule has 0 amide bonds. The zero-order valence-electron chi connectivity index (χ0n) is 10.5. The minimum atomic E-state index is 0.132. The molecule has 0 saturated carbocycles. The third-order valence-corrected chi connectivity index (χ3v) is 3.41. The van der Waals surface area contributed by atoms with Gasteiger partial charge in [0.15, 0.2) is 4.67 Å². The fourth-order valence-corrected chi connectivity index (χ4v) is 2.27. The Balaban J connectivity index is 2.19. The molecule has 1 aromatic heterocycles. The minimum Gasteiger partial charge on any atom is -0.453 e. The second-order valence-electron chi connectivity index (χ2n) is 4.42. The number of nitrogens with two attached hydrogens (primary N) is 1. The van der Waals surface area contributed by atoms with Crippen LogP contribution in [0.2, 0.25) is 0 Å². The van der Waals surface area contributed by atoms with Crippen molar-refractivity contribution in [1.29, 1.82) is 0 Å². The summed E-state index contributed by atoms with van der Waals surface area (Å²) in [5, 5.41) is 0. The van der Waals surface area contributed by atoms with Gasteiger partial charge in [0.05, 0.1) is 6.04 Å². The van der Waals surface area contributed by atoms with E-state index in [0.29, 0.717) is 0 Å². The zero-order chi connectivity index (χ0) is 12.5. The molecule has 0 radical (unpaired) electrons. The van der Waals surface area contributed by atoms with Crippen LogP contribution in [0.1, 0.15) is 63.7 Å². The lowest BCUT2D eigenvalue weighted by atomic mass is 10.0. The van der Waals surface area contributed by atoms with Crippen molar-refractivity contribution < 1.29 is 4.42 Å². The van der Waals surface area contributed by atoms with Crippen molar-refractivity contribution >= 4 is 15.9 Å². The minimum absolute atomic E-state index is 0.132. The van der Waals surface area contributed by atoms with Crippen LogP contribution in [0.3, 0.4) is 0 Å². The SMILES string of the molecule is CCCCCCCCC(NN)c1ccc(Br)o1. The average molecular weight is 303 g/mol. The van der Waals surface area contributed by atoms with Gasteiger partial charge in [0.1, 0.15) is 5.76 Å². The van der Waals surface area contributed by atoms with Crippen molar-refractivity contribution in [2.24, 2.45) is 5.84 Å². The van der Waals surface area contributed by atoms with Gasteiger partial charge in [-0.15, -0.1) is 0 Å². The van der Waals surface area contributed by atoms with Gasteiger partial charge in [0, 0.05) is 0 Å². The van der Waals surface area contributed by atoms with Crippen LogP contribution < -0.4 is 11.3 Å². The van der Waals surface area contributed by atoms with Crippen molar-refractivity contribution in [1.82, 2.24) is 5.43 Å². The maximum absolute atomic E-state index is 5.55. The highest BCUT2D eigenvalue weighted by molar-refractivity contribution is 9.10. The number of nitrogens with one attached hydrogen (secondary N) is 1. The Morgan fingerprint density at radius 3 is 2.53 bits per heavy atom. The molecule has 0 aliphatic heterocycles. The van der Waals surface area contributed by atoms with E-state index in [1.807, 2.05) is 12.1 Å². The van der Waals surface area contributed by atoms with Gasteiger partial charge < -0.3 is 4.42 Å². The van der Waals surface area contributed by atoms with Gasteiger partial charge in [-0.1, -0.05) is 45.4 Å². The largest absolute Gasteiger partial charge is 0.453 e. The standard InChI is InChI=1S/C13H23BrN2O/c1-2-3-4-5-6-7-8-11(16-15)12-9-10-13(14)17-12/h9-11,16H,2-8,15H2,1H3. The summed E-state index contributed by atoms with van der Waals surface area (Å²) in [6.45, 7) is 2.24. The van der Waals surface area contributed by atoms with E-state index in [4.69, 9.17) is 10.3 Å². The molecule has 0 aromatic carbocycles. The summed E-state index contributed by atoms with van der Waals surface area (Å²) in [6, 6.07) is 4.00. The Morgan fingerprint density at radius 2 is 1.94 bits per heavy atom. The third-order valence-electron chi connectivity index (χ3n) is 2.98. The molecule has 3 N–H and O–H groups in total. The number of hydrazine groups is 1. The highest BCUT2D eigenvalue weighted by Crippen LogP contribution is 2.24. The average Bonchev–Trinajstić information content (AvgIpc) is 2.75. The van der Waals surface area contributed by atoms with E-state index < -0.39 is 0 Å². The molecular formula is C13H23BrN2O. The summed E-state index contributed by atoms with van der Waals surface area (Å²) in [5.41, 5.74) is 2.82. The van der Waals surface area contributed by atoms with Gasteiger partial charge in [0.2, 0.25) is 0 Å². The normalized spacial score (nSPS) is 12.9. The van der Waals surface area contributed by atoms with Gasteiger partial charge in [0.25, 0.3) is 0 Å². The van der Waals surface area contributed by atoms with Crippen molar-refractivity contribution in [2.45, 2.75) is 57.9 Å². The van der Waals surface area contributed by atoms with Crippen LogP contribution in [0.25, 0.3) is 0 Å². The first kappa shape index (κ1) is 14.7. The van der Waals surface area contributed by atoms with Gasteiger partial charge in [-0.2, -0.15) is 0 Å². The molecule has 17 heavy (non-hydrogen) atoms. The Bertz CT molecular complexity index is 301. The first-order valence-corrected chi connectivity index (χ1v) is 7.28. The molecule has 0 aliphatic rings. The van der Waals surface area contributed by atoms with E-state index in [1.165, 1.54) is 38.5 Å². The monoisotopic (exact) mass is 302 g/mol. The molecule has 1 unspecified atom stereocenters. The Morgan fingerprint density at radius 1 is 1.24 bits per heavy atom. The topological polar surface area (TPSA) is 51.2 Å². The number of halogens is 1. The van der Waals surface area contributed by atoms with E-state index in [0.717, 1.165) is 16.9 Å². The molecular weight excluding hydrogens is 280 g/mol. The number of unbranched alkanes of at least 4 members (excludes halogenated alkanes) is 5. The molecule has 1 atom stereocenters. The fourth-order valence-electron chi connectivity index (χ4n) is 1.95. The highest BCUT2D eigenvalue weighted by Gasteiger charge is 2.12. The molecule has 0 fully saturated rings. The van der Waals surface area contributed by atoms with E-state index in [9.17, 15) is 0 Å². The van der Waals surface area contributed by atoms with Crippen molar-refractivity contribution in [3.8, 4) is 0 Å². The zero-order valence-corrected chi connectivity index (χ0v) is 12.1. The van der Waals surface area contributed by atoms with Crippen LogP contribution in [-0.2, 0) is 0 Å². The third kappa shape index (κ3) is 5.70. The predicted molar refractivity (Wildman–Crippen MR) is 74.5 cm³/mol. The second kappa shape index (κ2) is 8.72. The molecule has 0 spiro atoms. The fraction of sp³-hybridized carbons (Fsp3) is 0.692. The predicted octanol–water partition coefficient (Wildman–Crippen LogP) is 4.30. The summed E-state index contributed by atoms with van der Waals surface area (Å²) < 4.78 is 6.27. The maximum atomic E-state index is 5.55. The smallest absolute Gasteiger partial charge is 0.169 e. The number of furan rings is 1. The summed E-state index contributed by atoms with van der Waals surface area (Å²) in [7, 11) is 0. The summed E-state index contributed by atoms with van der Waals surface area (Å²) in [6.07, 6.45) is 8.83. The molecule has 3 nitrogen and oxygen atoms in total. The van der Waals surface area contributed by atoms with Gasteiger partial charge >= 0.3 is 0 Å². The van der Waals surface area contributed by atoms with Crippen molar-refractivity contribution in [2.75, 3.05) is 0 Å². The van der Waals surface area contributed by atoms with Crippen LogP contribution in [0.15, 0.2) is 21.2 Å². The number of hydrogen-bond acceptors (Lipinski definition) is 3. The summed E-state index contributed by atoms with van der Waals surface area (Å²) in [5.74, 6) is 6.46. The van der Waals surface area contributed by atoms with Gasteiger partial charge in [-0.3, -0.25) is 5.84 Å². The van der Waals surface area contributed by atoms with E-state index >= 15 is 0 Å². The molecule has 0 aliphatic carbocycles. The van der Waals surface area contributed by atoms with Crippen molar-refractivity contribution in [3.63, 3.8) is 0 Å². The van der Waals surface area contributed by atoms with E-state index in [-0.39, 0.29) is 6.04 Å². The Kier molecular flexibility index (Phi) is 7.56. The molecule has 98 valence electrons. The molecule has 0 bridgehead atoms.